The van der Waals surface area contributed by atoms with Crippen molar-refractivity contribution in [2.75, 3.05) is 13.2 Å². The van der Waals surface area contributed by atoms with Gasteiger partial charge in [0.2, 0.25) is 0 Å². The molecule has 0 amide bonds. The molecule has 0 spiro atoms. The molecule has 1 aliphatic rings. The number of nitrogens with zero attached hydrogens (tertiary/aromatic N) is 3. The van der Waals surface area contributed by atoms with Crippen LogP contribution in [0.5, 0.6) is 28.7 Å². The molecule has 9 heteroatoms. The molecule has 0 radical (unpaired) electrons. The van der Waals surface area contributed by atoms with Crippen LogP contribution >= 0.6 is 0 Å². The first kappa shape index (κ1) is 20.2. The fraction of sp³-hybridized carbons (Fsp3) is 0.350. The number of fused-ring (bicyclic) bond motifs is 1. The Kier molecular flexibility index (Phi) is 6.31. The minimum Gasteiger partial charge on any atom is -0.508 e. The summed E-state index contributed by atoms with van der Waals surface area (Å²) in [5.41, 5.74) is 8.88. The van der Waals surface area contributed by atoms with Gasteiger partial charge in [-0.2, -0.15) is 0 Å². The Bertz CT molecular complexity index is 955. The number of ether oxygens (including phenoxy) is 2. The minimum absolute atomic E-state index is 0.0152. The molecule has 0 saturated heterocycles. The highest BCUT2D eigenvalue weighted by Crippen LogP contribution is 2.43. The molecule has 2 aromatic carbocycles. The largest absolute Gasteiger partial charge is 0.508 e. The van der Waals surface area contributed by atoms with E-state index in [0.29, 0.717) is 24.5 Å². The topological polar surface area (TPSA) is 145 Å². The van der Waals surface area contributed by atoms with E-state index in [1.54, 1.807) is 6.07 Å². The SMILES string of the molecule is [N-]=[N+]=NCCCCCOc1cc(O)ccc1C1CC(=O)c2c(O)cc(O)cc2O1. The van der Waals surface area contributed by atoms with Gasteiger partial charge in [0.1, 0.15) is 40.4 Å². The van der Waals surface area contributed by atoms with Crippen molar-refractivity contribution in [1.82, 2.24) is 0 Å². The number of carbonyl (C=O) groups is 1. The molecule has 29 heavy (non-hydrogen) atoms. The van der Waals surface area contributed by atoms with Crippen LogP contribution in [0.3, 0.4) is 0 Å². The average Bonchev–Trinajstić information content (AvgIpc) is 2.66. The molecule has 0 bridgehead atoms. The van der Waals surface area contributed by atoms with E-state index in [0.717, 1.165) is 25.3 Å². The van der Waals surface area contributed by atoms with Gasteiger partial charge < -0.3 is 24.8 Å². The van der Waals surface area contributed by atoms with Gasteiger partial charge in [-0.15, -0.1) is 0 Å². The summed E-state index contributed by atoms with van der Waals surface area (Å²) in [6.45, 7) is 0.816. The quantitative estimate of drug-likeness (QED) is 0.260. The summed E-state index contributed by atoms with van der Waals surface area (Å²) < 4.78 is 11.6. The zero-order valence-corrected chi connectivity index (χ0v) is 15.6. The molecular formula is C20H21N3O6. The van der Waals surface area contributed by atoms with Gasteiger partial charge in [-0.05, 0) is 36.9 Å². The van der Waals surface area contributed by atoms with Gasteiger partial charge in [0.15, 0.2) is 5.78 Å². The summed E-state index contributed by atoms with van der Waals surface area (Å²) in [4.78, 5) is 15.2. The van der Waals surface area contributed by atoms with Crippen molar-refractivity contribution in [3.05, 3.63) is 51.9 Å². The number of aromatic hydroxyl groups is 3. The summed E-state index contributed by atoms with van der Waals surface area (Å²) in [5.74, 6) is -0.341. The second-order valence-corrected chi connectivity index (χ2v) is 6.66. The molecule has 1 unspecified atom stereocenters. The number of phenolic OH excluding ortho intramolecular Hbond substituents is 3. The van der Waals surface area contributed by atoms with Gasteiger partial charge in [0, 0.05) is 35.2 Å². The number of rotatable bonds is 8. The standard InChI is InChI=1S/C20H21N3O6/c21-23-22-6-2-1-3-7-28-17-9-12(24)4-5-14(17)18-11-16(27)20-15(26)8-13(25)10-19(20)29-18/h4-5,8-10,18,24-26H,1-3,6-7,11H2. The van der Waals surface area contributed by atoms with Gasteiger partial charge in [-0.25, -0.2) is 0 Å². The van der Waals surface area contributed by atoms with Crippen molar-refractivity contribution in [2.45, 2.75) is 31.8 Å². The lowest BCUT2D eigenvalue weighted by Crippen LogP contribution is -2.21. The molecule has 1 atom stereocenters. The predicted octanol–water partition coefficient (Wildman–Crippen LogP) is 4.37. The van der Waals surface area contributed by atoms with E-state index in [1.165, 1.54) is 18.2 Å². The smallest absolute Gasteiger partial charge is 0.174 e. The highest BCUT2D eigenvalue weighted by atomic mass is 16.5. The van der Waals surface area contributed by atoms with Crippen LogP contribution in [0.25, 0.3) is 10.4 Å². The normalized spacial score (nSPS) is 15.2. The molecule has 3 rings (SSSR count). The zero-order chi connectivity index (χ0) is 20.8. The second kappa shape index (κ2) is 9.07. The van der Waals surface area contributed by atoms with Crippen LogP contribution in [0, 0.1) is 0 Å². The molecule has 0 saturated carbocycles. The maximum absolute atomic E-state index is 12.5. The molecule has 0 aromatic heterocycles. The Morgan fingerprint density at radius 1 is 1.14 bits per heavy atom. The highest BCUT2D eigenvalue weighted by molar-refractivity contribution is 6.02. The van der Waals surface area contributed by atoms with Crippen LogP contribution in [0.15, 0.2) is 35.4 Å². The molecule has 2 aromatic rings. The molecular weight excluding hydrogens is 378 g/mol. The first-order valence-electron chi connectivity index (χ1n) is 9.22. The minimum atomic E-state index is -0.684. The Hall–Kier alpha value is -3.58. The third-order valence-electron chi connectivity index (χ3n) is 4.55. The zero-order valence-electron chi connectivity index (χ0n) is 15.6. The lowest BCUT2D eigenvalue weighted by Gasteiger charge is -2.27. The van der Waals surface area contributed by atoms with Crippen LogP contribution in [-0.2, 0) is 0 Å². The predicted molar refractivity (Wildman–Crippen MR) is 104 cm³/mol. The molecule has 9 nitrogen and oxygen atoms in total. The van der Waals surface area contributed by atoms with Gasteiger partial charge in [0.05, 0.1) is 13.0 Å². The second-order valence-electron chi connectivity index (χ2n) is 6.66. The fourth-order valence-electron chi connectivity index (χ4n) is 3.20. The van der Waals surface area contributed by atoms with E-state index < -0.39 is 6.10 Å². The Morgan fingerprint density at radius 3 is 2.76 bits per heavy atom. The van der Waals surface area contributed by atoms with Crippen molar-refractivity contribution in [3.63, 3.8) is 0 Å². The number of benzene rings is 2. The summed E-state index contributed by atoms with van der Waals surface area (Å²) in [6, 6.07) is 6.93. The number of phenols is 3. The van der Waals surface area contributed by atoms with Crippen LogP contribution in [0.2, 0.25) is 0 Å². The molecule has 0 fully saturated rings. The fourth-order valence-corrected chi connectivity index (χ4v) is 3.20. The number of carbonyl (C=O) groups excluding carboxylic acids is 1. The number of azide groups is 1. The number of ketones is 1. The summed E-state index contributed by atoms with van der Waals surface area (Å²) in [5, 5.41) is 32.9. The number of Topliss-reactive ketones (excluding diaryl/α,β-unsaturated/α-hetero) is 1. The van der Waals surface area contributed by atoms with Crippen molar-refractivity contribution >= 4 is 5.78 Å². The molecule has 152 valence electrons. The van der Waals surface area contributed by atoms with Gasteiger partial charge in [-0.3, -0.25) is 4.79 Å². The third kappa shape index (κ3) is 4.83. The maximum atomic E-state index is 12.5. The van der Waals surface area contributed by atoms with Crippen molar-refractivity contribution < 1.29 is 29.6 Å². The number of hydrogen-bond donors (Lipinski definition) is 3. The van der Waals surface area contributed by atoms with E-state index in [4.69, 9.17) is 15.0 Å². The lowest BCUT2D eigenvalue weighted by molar-refractivity contribution is 0.0840. The van der Waals surface area contributed by atoms with Crippen molar-refractivity contribution in [3.8, 4) is 28.7 Å². The van der Waals surface area contributed by atoms with Gasteiger partial charge in [0.25, 0.3) is 0 Å². The maximum Gasteiger partial charge on any atom is 0.174 e. The molecule has 1 heterocycles. The average molecular weight is 399 g/mol. The summed E-state index contributed by atoms with van der Waals surface area (Å²) in [6.07, 6.45) is 1.60. The number of hydrogen-bond acceptors (Lipinski definition) is 7. The monoisotopic (exact) mass is 399 g/mol. The van der Waals surface area contributed by atoms with Crippen molar-refractivity contribution in [2.24, 2.45) is 5.11 Å². The molecule has 0 aliphatic carbocycles. The van der Waals surface area contributed by atoms with Gasteiger partial charge in [-0.1, -0.05) is 5.11 Å². The van der Waals surface area contributed by atoms with Crippen molar-refractivity contribution in [1.29, 1.82) is 0 Å². The summed E-state index contributed by atoms with van der Waals surface area (Å²) in [7, 11) is 0. The number of unbranched alkanes of at least 4 members (excludes halogenated alkanes) is 2. The Balaban J connectivity index is 1.73. The highest BCUT2D eigenvalue weighted by Gasteiger charge is 2.32. The molecule has 3 N–H and O–H groups in total. The van der Waals surface area contributed by atoms with Crippen LogP contribution in [-0.4, -0.2) is 34.3 Å². The molecule has 1 aliphatic heterocycles. The summed E-state index contributed by atoms with van der Waals surface area (Å²) >= 11 is 0. The third-order valence-corrected chi connectivity index (χ3v) is 4.55. The Morgan fingerprint density at radius 2 is 1.97 bits per heavy atom. The van der Waals surface area contributed by atoms with Gasteiger partial charge >= 0.3 is 0 Å². The van der Waals surface area contributed by atoms with Crippen LogP contribution < -0.4 is 9.47 Å². The first-order chi connectivity index (χ1) is 14.0. The van der Waals surface area contributed by atoms with E-state index in [2.05, 4.69) is 10.0 Å². The Labute approximate surface area is 166 Å². The van der Waals surface area contributed by atoms with Crippen LogP contribution in [0.4, 0.5) is 0 Å². The van der Waals surface area contributed by atoms with E-state index in [9.17, 15) is 20.1 Å². The van der Waals surface area contributed by atoms with E-state index >= 15 is 0 Å². The van der Waals surface area contributed by atoms with E-state index in [-0.39, 0.29) is 40.8 Å². The van der Waals surface area contributed by atoms with E-state index in [1.807, 2.05) is 0 Å². The van der Waals surface area contributed by atoms with Crippen LogP contribution in [0.1, 0.15) is 47.7 Å². The first-order valence-corrected chi connectivity index (χ1v) is 9.22. The lowest BCUT2D eigenvalue weighted by atomic mass is 9.95.